The Balaban J connectivity index is 2.11. The van der Waals surface area contributed by atoms with Crippen molar-refractivity contribution in [3.63, 3.8) is 0 Å². The molecule has 1 saturated carbocycles. The fourth-order valence-electron chi connectivity index (χ4n) is 2.77. The van der Waals surface area contributed by atoms with E-state index in [1.54, 1.807) is 0 Å². The fourth-order valence-corrected chi connectivity index (χ4v) is 2.77. The number of hydrogen-bond acceptors (Lipinski definition) is 4. The Hall–Kier alpha value is -1.42. The van der Waals surface area contributed by atoms with E-state index in [1.165, 1.54) is 12.8 Å². The van der Waals surface area contributed by atoms with Gasteiger partial charge in [-0.15, -0.1) is 0 Å². The molecule has 1 aromatic rings. The maximum Gasteiger partial charge on any atom is 0.144 e. The number of hydrogen-bond donors (Lipinski definition) is 3. The lowest BCUT2D eigenvalue weighted by Crippen LogP contribution is -2.34. The van der Waals surface area contributed by atoms with E-state index in [0.717, 1.165) is 24.3 Å². The van der Waals surface area contributed by atoms with E-state index in [2.05, 4.69) is 5.32 Å². The van der Waals surface area contributed by atoms with E-state index in [9.17, 15) is 5.11 Å². The number of rotatable bonds is 5. The molecule has 0 heterocycles. The topological polar surface area (TPSA) is 67.5 Å². The Morgan fingerprint density at radius 3 is 2.89 bits per heavy atom. The minimum Gasteiger partial charge on any atom is -0.492 e. The third kappa shape index (κ3) is 3.32. The molecule has 4 nitrogen and oxygen atoms in total. The highest BCUT2D eigenvalue weighted by Crippen LogP contribution is 2.33. The Kier molecular flexibility index (Phi) is 4.91. The molecule has 1 aliphatic rings. The van der Waals surface area contributed by atoms with E-state index < -0.39 is 0 Å². The predicted octanol–water partition coefficient (Wildman–Crippen LogP) is 2.63. The van der Waals surface area contributed by atoms with Crippen LogP contribution in [-0.4, -0.2) is 24.4 Å². The molecule has 0 saturated heterocycles. The molecule has 0 bridgehead atoms. The van der Waals surface area contributed by atoms with Gasteiger partial charge in [0.25, 0.3) is 0 Å². The maximum absolute atomic E-state index is 9.45. The summed E-state index contributed by atoms with van der Waals surface area (Å²) in [5.74, 6) is 1.05. The molecule has 4 N–H and O–H groups in total. The van der Waals surface area contributed by atoms with Gasteiger partial charge in [0.2, 0.25) is 0 Å². The summed E-state index contributed by atoms with van der Waals surface area (Å²) in [5, 5.41) is 12.9. The van der Waals surface area contributed by atoms with E-state index in [-0.39, 0.29) is 6.61 Å². The van der Waals surface area contributed by atoms with Crippen molar-refractivity contribution in [2.24, 2.45) is 5.92 Å². The van der Waals surface area contributed by atoms with Gasteiger partial charge in [0.1, 0.15) is 5.75 Å². The Labute approximate surface area is 115 Å². The Bertz CT molecular complexity index is 409. The number of benzene rings is 1. The standard InChI is InChI=1S/C15H24N2O2/c1-2-19-14-9-5-8-13(15(14)16)17-12-7-4-3-6-11(12)10-18/h5,8-9,11-12,17-18H,2-4,6-7,10,16H2,1H3. The zero-order valence-electron chi connectivity index (χ0n) is 11.6. The van der Waals surface area contributed by atoms with Crippen molar-refractivity contribution in [3.8, 4) is 5.75 Å². The van der Waals surface area contributed by atoms with Crippen LogP contribution in [0.15, 0.2) is 18.2 Å². The number of nitrogens with two attached hydrogens (primary N) is 1. The van der Waals surface area contributed by atoms with Crippen LogP contribution in [0.5, 0.6) is 5.75 Å². The van der Waals surface area contributed by atoms with Gasteiger partial charge in [0, 0.05) is 18.6 Å². The molecule has 0 spiro atoms. The normalized spacial score (nSPS) is 23.1. The second kappa shape index (κ2) is 6.66. The molecule has 0 amide bonds. The van der Waals surface area contributed by atoms with Gasteiger partial charge in [-0.05, 0) is 31.9 Å². The van der Waals surface area contributed by atoms with Crippen LogP contribution in [0, 0.1) is 5.92 Å². The lowest BCUT2D eigenvalue weighted by atomic mass is 9.85. The predicted molar refractivity (Wildman–Crippen MR) is 78.5 cm³/mol. The highest BCUT2D eigenvalue weighted by Gasteiger charge is 2.25. The average molecular weight is 264 g/mol. The van der Waals surface area contributed by atoms with Crippen molar-refractivity contribution < 1.29 is 9.84 Å². The summed E-state index contributed by atoms with van der Waals surface area (Å²) in [6, 6.07) is 6.10. The summed E-state index contributed by atoms with van der Waals surface area (Å²) in [5.41, 5.74) is 7.70. The molecule has 4 heteroatoms. The van der Waals surface area contributed by atoms with Gasteiger partial charge in [0.15, 0.2) is 0 Å². The number of para-hydroxylation sites is 1. The largest absolute Gasteiger partial charge is 0.492 e. The van der Waals surface area contributed by atoms with Crippen LogP contribution in [0.1, 0.15) is 32.6 Å². The zero-order chi connectivity index (χ0) is 13.7. The first kappa shape index (κ1) is 14.0. The van der Waals surface area contributed by atoms with E-state index in [4.69, 9.17) is 10.5 Å². The molecule has 0 aliphatic heterocycles. The molecular weight excluding hydrogens is 240 g/mol. The quantitative estimate of drug-likeness (QED) is 0.715. The first-order chi connectivity index (χ1) is 9.26. The highest BCUT2D eigenvalue weighted by atomic mass is 16.5. The third-order valence-electron chi connectivity index (χ3n) is 3.85. The Morgan fingerprint density at radius 2 is 2.16 bits per heavy atom. The number of aliphatic hydroxyl groups is 1. The van der Waals surface area contributed by atoms with Crippen LogP contribution in [-0.2, 0) is 0 Å². The lowest BCUT2D eigenvalue weighted by molar-refractivity contribution is 0.178. The molecule has 2 unspecified atom stereocenters. The zero-order valence-corrected chi connectivity index (χ0v) is 11.6. The lowest BCUT2D eigenvalue weighted by Gasteiger charge is -2.32. The summed E-state index contributed by atoms with van der Waals surface area (Å²) in [7, 11) is 0. The molecule has 0 radical (unpaired) electrons. The first-order valence-corrected chi connectivity index (χ1v) is 7.15. The van der Waals surface area contributed by atoms with Crippen molar-refractivity contribution in [3.05, 3.63) is 18.2 Å². The smallest absolute Gasteiger partial charge is 0.144 e. The highest BCUT2D eigenvalue weighted by molar-refractivity contribution is 5.73. The van der Waals surface area contributed by atoms with Crippen LogP contribution >= 0.6 is 0 Å². The van der Waals surface area contributed by atoms with E-state index >= 15 is 0 Å². The summed E-state index contributed by atoms with van der Waals surface area (Å²) in [4.78, 5) is 0. The van der Waals surface area contributed by atoms with Crippen LogP contribution in [0.4, 0.5) is 11.4 Å². The Morgan fingerprint density at radius 1 is 1.37 bits per heavy atom. The average Bonchev–Trinajstić information content (AvgIpc) is 2.44. The van der Waals surface area contributed by atoms with Gasteiger partial charge in [-0.1, -0.05) is 18.9 Å². The minimum atomic E-state index is 0.239. The molecule has 0 aromatic heterocycles. The van der Waals surface area contributed by atoms with Crippen molar-refractivity contribution in [1.82, 2.24) is 0 Å². The molecule has 19 heavy (non-hydrogen) atoms. The molecule has 2 atom stereocenters. The number of nitrogen functional groups attached to an aromatic ring is 1. The van der Waals surface area contributed by atoms with Gasteiger partial charge < -0.3 is 20.9 Å². The summed E-state index contributed by atoms with van der Waals surface area (Å²) in [6.45, 7) is 2.79. The second-order valence-corrected chi connectivity index (χ2v) is 5.13. The van der Waals surface area contributed by atoms with Crippen LogP contribution in [0.25, 0.3) is 0 Å². The van der Waals surface area contributed by atoms with Crippen molar-refractivity contribution in [1.29, 1.82) is 0 Å². The fraction of sp³-hybridized carbons (Fsp3) is 0.600. The monoisotopic (exact) mass is 264 g/mol. The number of aliphatic hydroxyl groups excluding tert-OH is 1. The van der Waals surface area contributed by atoms with Crippen molar-refractivity contribution in [2.75, 3.05) is 24.3 Å². The summed E-state index contributed by atoms with van der Waals surface area (Å²) in [6.07, 6.45) is 4.58. The van der Waals surface area contributed by atoms with Gasteiger partial charge in [-0.25, -0.2) is 0 Å². The number of anilines is 2. The molecule has 106 valence electrons. The van der Waals surface area contributed by atoms with Crippen LogP contribution in [0.3, 0.4) is 0 Å². The van der Waals surface area contributed by atoms with Crippen LogP contribution < -0.4 is 15.8 Å². The summed E-state index contributed by atoms with van der Waals surface area (Å²) >= 11 is 0. The summed E-state index contributed by atoms with van der Waals surface area (Å²) < 4.78 is 5.51. The number of nitrogens with one attached hydrogen (secondary N) is 1. The second-order valence-electron chi connectivity index (χ2n) is 5.13. The van der Waals surface area contributed by atoms with Crippen LogP contribution in [0.2, 0.25) is 0 Å². The first-order valence-electron chi connectivity index (χ1n) is 7.15. The van der Waals surface area contributed by atoms with E-state index in [0.29, 0.717) is 24.3 Å². The molecular formula is C15H24N2O2. The third-order valence-corrected chi connectivity index (χ3v) is 3.85. The maximum atomic E-state index is 9.45. The van der Waals surface area contributed by atoms with Crippen molar-refractivity contribution >= 4 is 11.4 Å². The molecule has 1 aliphatic carbocycles. The molecule has 1 aromatic carbocycles. The van der Waals surface area contributed by atoms with E-state index in [1.807, 2.05) is 25.1 Å². The molecule has 1 fully saturated rings. The minimum absolute atomic E-state index is 0.239. The SMILES string of the molecule is CCOc1cccc(NC2CCCCC2CO)c1N. The number of ether oxygens (including phenoxy) is 1. The van der Waals surface area contributed by atoms with Gasteiger partial charge in [0.05, 0.1) is 18.0 Å². The van der Waals surface area contributed by atoms with Crippen molar-refractivity contribution in [2.45, 2.75) is 38.6 Å². The van der Waals surface area contributed by atoms with Gasteiger partial charge in [-0.2, -0.15) is 0 Å². The molecule has 2 rings (SSSR count). The van der Waals surface area contributed by atoms with Gasteiger partial charge in [-0.3, -0.25) is 0 Å². The van der Waals surface area contributed by atoms with Gasteiger partial charge >= 0.3 is 0 Å².